The number of halogens is 5. The van der Waals surface area contributed by atoms with Gasteiger partial charge < -0.3 is 0 Å². The average molecular weight is 312 g/mol. The molecule has 1 N–H and O–H groups in total. The SMILES string of the molecule is CSC(=Nc1cc(F)cc(C(F)(F)F)c1Cl)NC#N. The highest BCUT2D eigenvalue weighted by molar-refractivity contribution is 8.13. The second kappa shape index (κ2) is 6.12. The molecule has 1 rings (SSSR count). The van der Waals surface area contributed by atoms with Crippen LogP contribution in [0.1, 0.15) is 5.56 Å². The highest BCUT2D eigenvalue weighted by Crippen LogP contribution is 2.40. The van der Waals surface area contributed by atoms with Gasteiger partial charge in [-0.2, -0.15) is 18.4 Å². The zero-order valence-corrected chi connectivity index (χ0v) is 10.9. The van der Waals surface area contributed by atoms with Crippen molar-refractivity contribution in [1.29, 1.82) is 5.26 Å². The van der Waals surface area contributed by atoms with Crippen LogP contribution in [-0.4, -0.2) is 11.4 Å². The van der Waals surface area contributed by atoms with E-state index in [-0.39, 0.29) is 11.2 Å². The molecule has 0 aliphatic heterocycles. The van der Waals surface area contributed by atoms with Gasteiger partial charge in [-0.1, -0.05) is 23.4 Å². The number of rotatable bonds is 1. The smallest absolute Gasteiger partial charge is 0.271 e. The number of hydrogen-bond acceptors (Lipinski definition) is 3. The van der Waals surface area contributed by atoms with E-state index in [0.29, 0.717) is 0 Å². The van der Waals surface area contributed by atoms with Crippen LogP contribution in [0.25, 0.3) is 0 Å². The van der Waals surface area contributed by atoms with Gasteiger partial charge in [0.2, 0.25) is 0 Å². The first-order valence-corrected chi connectivity index (χ1v) is 6.24. The Morgan fingerprint density at radius 3 is 2.58 bits per heavy atom. The summed E-state index contributed by atoms with van der Waals surface area (Å²) in [6.45, 7) is 0. The van der Waals surface area contributed by atoms with Crippen molar-refractivity contribution in [1.82, 2.24) is 5.32 Å². The third-order valence-electron chi connectivity index (χ3n) is 1.90. The molecule has 19 heavy (non-hydrogen) atoms. The predicted molar refractivity (Wildman–Crippen MR) is 65.8 cm³/mol. The molecule has 0 aliphatic rings. The fourth-order valence-electron chi connectivity index (χ4n) is 1.14. The van der Waals surface area contributed by atoms with Crippen LogP contribution < -0.4 is 5.32 Å². The molecule has 1 aromatic rings. The molecule has 0 atom stereocenters. The number of alkyl halides is 3. The number of thioether (sulfide) groups is 1. The number of nitrogens with one attached hydrogen (secondary N) is 1. The molecule has 0 fully saturated rings. The van der Waals surface area contributed by atoms with E-state index in [1.807, 2.05) is 0 Å². The lowest BCUT2D eigenvalue weighted by Crippen LogP contribution is -2.13. The second-order valence-electron chi connectivity index (χ2n) is 3.14. The highest BCUT2D eigenvalue weighted by atomic mass is 35.5. The summed E-state index contributed by atoms with van der Waals surface area (Å²) in [6.07, 6.45) is -1.69. The van der Waals surface area contributed by atoms with E-state index >= 15 is 0 Å². The van der Waals surface area contributed by atoms with E-state index in [1.54, 1.807) is 12.4 Å². The predicted octanol–water partition coefficient (Wildman–Crippen LogP) is 3.92. The standard InChI is InChI=1S/C10H6ClF4N3S/c1-19-9(17-4-16)18-7-3-5(12)2-6(8(7)11)10(13,14)15/h2-3H,1H3,(H,17,18). The summed E-state index contributed by atoms with van der Waals surface area (Å²) in [5.74, 6) is -1.12. The van der Waals surface area contributed by atoms with E-state index in [2.05, 4.69) is 10.3 Å². The lowest BCUT2D eigenvalue weighted by molar-refractivity contribution is -0.137. The molecule has 102 valence electrons. The summed E-state index contributed by atoms with van der Waals surface area (Å²) in [4.78, 5) is 3.68. The largest absolute Gasteiger partial charge is 0.418 e. The van der Waals surface area contributed by atoms with Crippen LogP contribution in [0.5, 0.6) is 0 Å². The first kappa shape index (κ1) is 15.6. The molecule has 0 bridgehead atoms. The average Bonchev–Trinajstić information content (AvgIpc) is 2.31. The molecule has 0 aromatic heterocycles. The number of amidine groups is 1. The summed E-state index contributed by atoms with van der Waals surface area (Å²) >= 11 is 6.52. The maximum Gasteiger partial charge on any atom is 0.418 e. The highest BCUT2D eigenvalue weighted by Gasteiger charge is 2.35. The quantitative estimate of drug-likeness (QED) is 0.281. The zero-order valence-electron chi connectivity index (χ0n) is 9.35. The van der Waals surface area contributed by atoms with Crippen molar-refractivity contribution < 1.29 is 17.6 Å². The lowest BCUT2D eigenvalue weighted by atomic mass is 10.2. The number of aliphatic imine (C=N–C) groups is 1. The lowest BCUT2D eigenvalue weighted by Gasteiger charge is -2.11. The Bertz CT molecular complexity index is 551. The summed E-state index contributed by atoms with van der Waals surface area (Å²) in [7, 11) is 0. The molecule has 0 unspecified atom stereocenters. The van der Waals surface area contributed by atoms with Gasteiger partial charge in [0.05, 0.1) is 16.3 Å². The molecule has 0 saturated carbocycles. The van der Waals surface area contributed by atoms with Crippen LogP contribution in [0.3, 0.4) is 0 Å². The molecular weight excluding hydrogens is 306 g/mol. The fraction of sp³-hybridized carbons (Fsp3) is 0.200. The number of hydrogen-bond donors (Lipinski definition) is 1. The normalized spacial score (nSPS) is 12.2. The van der Waals surface area contributed by atoms with E-state index in [1.165, 1.54) is 0 Å². The van der Waals surface area contributed by atoms with Crippen LogP contribution in [0, 0.1) is 17.3 Å². The van der Waals surface area contributed by atoms with E-state index in [9.17, 15) is 17.6 Å². The number of nitriles is 1. The van der Waals surface area contributed by atoms with Gasteiger partial charge in [-0.05, 0) is 12.3 Å². The van der Waals surface area contributed by atoms with E-state index in [4.69, 9.17) is 16.9 Å². The number of nitrogens with zero attached hydrogens (tertiary/aromatic N) is 2. The Hall–Kier alpha value is -1.46. The molecule has 0 saturated heterocycles. The van der Waals surface area contributed by atoms with Crippen molar-refractivity contribution in [3.8, 4) is 6.19 Å². The first-order chi connectivity index (χ1) is 8.79. The van der Waals surface area contributed by atoms with Crippen molar-refractivity contribution in [2.45, 2.75) is 6.18 Å². The van der Waals surface area contributed by atoms with Gasteiger partial charge in [-0.15, -0.1) is 0 Å². The Kier molecular flexibility index (Phi) is 5.03. The molecule has 0 heterocycles. The molecule has 1 aromatic carbocycles. The number of benzene rings is 1. The van der Waals surface area contributed by atoms with Crippen LogP contribution in [-0.2, 0) is 6.18 Å². The van der Waals surface area contributed by atoms with Gasteiger partial charge in [0.15, 0.2) is 11.4 Å². The maximum atomic E-state index is 13.2. The second-order valence-corrected chi connectivity index (χ2v) is 4.32. The molecule has 3 nitrogen and oxygen atoms in total. The van der Waals surface area contributed by atoms with Crippen molar-refractivity contribution in [2.24, 2.45) is 4.99 Å². The summed E-state index contributed by atoms with van der Waals surface area (Å²) < 4.78 is 51.0. The van der Waals surface area contributed by atoms with Crippen molar-refractivity contribution in [3.05, 3.63) is 28.5 Å². The van der Waals surface area contributed by atoms with Crippen molar-refractivity contribution in [3.63, 3.8) is 0 Å². The van der Waals surface area contributed by atoms with Crippen molar-refractivity contribution >= 4 is 34.2 Å². The topological polar surface area (TPSA) is 48.2 Å². The monoisotopic (exact) mass is 311 g/mol. The first-order valence-electron chi connectivity index (χ1n) is 4.63. The third kappa shape index (κ3) is 4.01. The van der Waals surface area contributed by atoms with Gasteiger partial charge in [0, 0.05) is 6.07 Å². The maximum absolute atomic E-state index is 13.2. The van der Waals surface area contributed by atoms with Gasteiger partial charge in [-0.25, -0.2) is 9.38 Å². The van der Waals surface area contributed by atoms with Crippen LogP contribution in [0.15, 0.2) is 17.1 Å². The van der Waals surface area contributed by atoms with E-state index < -0.39 is 28.3 Å². The van der Waals surface area contributed by atoms with Crippen LogP contribution in [0.4, 0.5) is 23.2 Å². The Morgan fingerprint density at radius 2 is 2.11 bits per heavy atom. The minimum atomic E-state index is -4.79. The summed E-state index contributed by atoms with van der Waals surface area (Å²) in [5, 5.41) is 9.83. The van der Waals surface area contributed by atoms with Crippen LogP contribution in [0.2, 0.25) is 5.02 Å². The molecule has 0 radical (unpaired) electrons. The fourth-order valence-corrected chi connectivity index (χ4v) is 1.74. The Labute approximate surface area is 115 Å². The van der Waals surface area contributed by atoms with Gasteiger partial charge in [0.25, 0.3) is 0 Å². The molecule has 0 spiro atoms. The van der Waals surface area contributed by atoms with Crippen molar-refractivity contribution in [2.75, 3.05) is 6.26 Å². The van der Waals surface area contributed by atoms with Gasteiger partial charge in [-0.3, -0.25) is 5.32 Å². The third-order valence-corrected chi connectivity index (χ3v) is 2.88. The van der Waals surface area contributed by atoms with Gasteiger partial charge in [0.1, 0.15) is 5.82 Å². The van der Waals surface area contributed by atoms with Crippen LogP contribution >= 0.6 is 23.4 Å². The minimum absolute atomic E-state index is 0.00289. The Morgan fingerprint density at radius 1 is 1.47 bits per heavy atom. The summed E-state index contributed by atoms with van der Waals surface area (Å²) in [5.41, 5.74) is -1.72. The molecule has 9 heteroatoms. The minimum Gasteiger partial charge on any atom is -0.271 e. The molecule has 0 amide bonds. The molecule has 0 aliphatic carbocycles. The molecular formula is C10H6ClF4N3S. The van der Waals surface area contributed by atoms with Gasteiger partial charge >= 0.3 is 6.18 Å². The Balaban J connectivity index is 3.38. The summed E-state index contributed by atoms with van der Waals surface area (Å²) in [6, 6.07) is 1.05. The van der Waals surface area contributed by atoms with E-state index in [0.717, 1.165) is 17.8 Å². The zero-order chi connectivity index (χ0) is 14.6.